The lowest BCUT2D eigenvalue weighted by Crippen LogP contribution is -2.24. The van der Waals surface area contributed by atoms with Crippen molar-refractivity contribution in [3.63, 3.8) is 0 Å². The first kappa shape index (κ1) is 15.9. The van der Waals surface area contributed by atoms with Gasteiger partial charge in [0.15, 0.2) is 5.76 Å². The van der Waals surface area contributed by atoms with Crippen LogP contribution < -0.4 is 5.32 Å². The van der Waals surface area contributed by atoms with Crippen molar-refractivity contribution < 1.29 is 13.6 Å². The molecule has 4 nitrogen and oxygen atoms in total. The van der Waals surface area contributed by atoms with Crippen LogP contribution in [0.4, 0.5) is 4.39 Å². The van der Waals surface area contributed by atoms with Gasteiger partial charge in [0.05, 0.1) is 11.8 Å². The molecule has 2 aromatic carbocycles. The lowest BCUT2D eigenvalue weighted by Gasteiger charge is -2.07. The summed E-state index contributed by atoms with van der Waals surface area (Å²) < 4.78 is 18.8. The predicted octanol–water partition coefficient (Wildman–Crippen LogP) is 4.29. The summed E-state index contributed by atoms with van der Waals surface area (Å²) in [5.74, 6) is 0.413. The van der Waals surface area contributed by atoms with Gasteiger partial charge in [-0.3, -0.25) is 4.79 Å². The van der Waals surface area contributed by atoms with Gasteiger partial charge in [0, 0.05) is 17.7 Å². The van der Waals surface area contributed by atoms with Crippen molar-refractivity contribution >= 4 is 5.91 Å². The Kier molecular flexibility index (Phi) is 4.70. The third-order valence-electron chi connectivity index (χ3n) is 3.57. The minimum Gasteiger partial charge on any atom is -0.436 e. The van der Waals surface area contributed by atoms with E-state index in [1.807, 2.05) is 13.0 Å². The molecule has 0 aliphatic carbocycles. The average molecular weight is 324 g/mol. The number of aromatic nitrogens is 1. The molecule has 0 fully saturated rings. The smallest absolute Gasteiger partial charge is 0.252 e. The number of hydrogen-bond donors (Lipinski definition) is 1. The Morgan fingerprint density at radius 2 is 1.92 bits per heavy atom. The average Bonchev–Trinajstić information content (AvgIpc) is 3.10. The molecule has 1 amide bonds. The first-order valence-corrected chi connectivity index (χ1v) is 7.78. The van der Waals surface area contributed by atoms with Crippen molar-refractivity contribution in [3.8, 4) is 22.8 Å². The van der Waals surface area contributed by atoms with Gasteiger partial charge in [-0.05, 0) is 42.8 Å². The minimum atomic E-state index is -0.309. The van der Waals surface area contributed by atoms with Crippen LogP contribution in [-0.2, 0) is 0 Å². The van der Waals surface area contributed by atoms with Gasteiger partial charge in [-0.15, -0.1) is 0 Å². The minimum absolute atomic E-state index is 0.158. The van der Waals surface area contributed by atoms with Gasteiger partial charge in [-0.1, -0.05) is 19.1 Å². The summed E-state index contributed by atoms with van der Waals surface area (Å²) in [7, 11) is 0. The van der Waals surface area contributed by atoms with Crippen LogP contribution >= 0.6 is 0 Å². The molecule has 3 rings (SSSR count). The van der Waals surface area contributed by atoms with Crippen LogP contribution in [0.5, 0.6) is 0 Å². The highest BCUT2D eigenvalue weighted by Gasteiger charge is 2.16. The van der Waals surface area contributed by atoms with E-state index in [0.29, 0.717) is 29.3 Å². The van der Waals surface area contributed by atoms with E-state index in [1.54, 1.807) is 36.5 Å². The van der Waals surface area contributed by atoms with E-state index in [2.05, 4.69) is 10.3 Å². The fourth-order valence-electron chi connectivity index (χ4n) is 2.35. The van der Waals surface area contributed by atoms with Crippen LogP contribution in [0.2, 0.25) is 0 Å². The van der Waals surface area contributed by atoms with Crippen molar-refractivity contribution in [2.45, 2.75) is 13.3 Å². The first-order chi connectivity index (χ1) is 11.7. The summed E-state index contributed by atoms with van der Waals surface area (Å²) in [4.78, 5) is 16.6. The fraction of sp³-hybridized carbons (Fsp3) is 0.158. The molecule has 0 bridgehead atoms. The summed E-state index contributed by atoms with van der Waals surface area (Å²) in [6, 6.07) is 13.1. The summed E-state index contributed by atoms with van der Waals surface area (Å²) in [5.41, 5.74) is 1.86. The molecule has 0 radical (unpaired) electrons. The normalized spacial score (nSPS) is 10.6. The molecule has 0 atom stereocenters. The molecular weight excluding hydrogens is 307 g/mol. The Bertz CT molecular complexity index is 841. The second-order valence-electron chi connectivity index (χ2n) is 5.34. The van der Waals surface area contributed by atoms with E-state index in [-0.39, 0.29) is 11.7 Å². The highest BCUT2D eigenvalue weighted by molar-refractivity contribution is 6.00. The predicted molar refractivity (Wildman–Crippen MR) is 90.0 cm³/mol. The van der Waals surface area contributed by atoms with E-state index in [4.69, 9.17) is 4.42 Å². The number of hydrogen-bond acceptors (Lipinski definition) is 3. The van der Waals surface area contributed by atoms with Crippen LogP contribution in [0.1, 0.15) is 23.7 Å². The van der Waals surface area contributed by atoms with Crippen molar-refractivity contribution in [3.05, 3.63) is 66.1 Å². The van der Waals surface area contributed by atoms with Crippen LogP contribution in [0.15, 0.2) is 59.1 Å². The largest absolute Gasteiger partial charge is 0.436 e. The Hall–Kier alpha value is -2.95. The molecule has 0 unspecified atom stereocenters. The van der Waals surface area contributed by atoms with Crippen LogP contribution in [0.3, 0.4) is 0 Å². The number of nitrogens with zero attached hydrogens (tertiary/aromatic N) is 1. The Morgan fingerprint density at radius 1 is 1.17 bits per heavy atom. The van der Waals surface area contributed by atoms with Crippen LogP contribution in [0, 0.1) is 5.82 Å². The van der Waals surface area contributed by atoms with E-state index in [1.165, 1.54) is 12.1 Å². The van der Waals surface area contributed by atoms with Crippen molar-refractivity contribution in [1.29, 1.82) is 0 Å². The summed E-state index contributed by atoms with van der Waals surface area (Å²) >= 11 is 0. The molecule has 1 N–H and O–H groups in total. The van der Waals surface area contributed by atoms with Crippen LogP contribution in [0.25, 0.3) is 22.8 Å². The van der Waals surface area contributed by atoms with Gasteiger partial charge < -0.3 is 9.73 Å². The maximum Gasteiger partial charge on any atom is 0.252 e. The molecule has 0 spiro atoms. The number of rotatable bonds is 5. The molecule has 122 valence electrons. The second kappa shape index (κ2) is 7.08. The Morgan fingerprint density at radius 3 is 2.67 bits per heavy atom. The van der Waals surface area contributed by atoms with E-state index in [9.17, 15) is 9.18 Å². The van der Waals surface area contributed by atoms with Gasteiger partial charge in [0.25, 0.3) is 5.91 Å². The van der Waals surface area contributed by atoms with Gasteiger partial charge in [-0.2, -0.15) is 0 Å². The van der Waals surface area contributed by atoms with Gasteiger partial charge in [-0.25, -0.2) is 9.37 Å². The molecule has 0 saturated heterocycles. The molecule has 0 aliphatic rings. The molecule has 0 aliphatic heterocycles. The molecule has 24 heavy (non-hydrogen) atoms. The highest BCUT2D eigenvalue weighted by atomic mass is 19.1. The molecule has 3 aromatic rings. The van der Waals surface area contributed by atoms with E-state index in [0.717, 1.165) is 12.0 Å². The highest BCUT2D eigenvalue weighted by Crippen LogP contribution is 2.28. The number of carbonyl (C=O) groups excluding carboxylic acids is 1. The Labute approximate surface area is 139 Å². The molecular formula is C19H17FN2O2. The van der Waals surface area contributed by atoms with Crippen LogP contribution in [-0.4, -0.2) is 17.4 Å². The number of amides is 1. The number of benzene rings is 2. The third kappa shape index (κ3) is 3.35. The third-order valence-corrected chi connectivity index (χ3v) is 3.57. The van der Waals surface area contributed by atoms with Crippen molar-refractivity contribution in [2.24, 2.45) is 0 Å². The lowest BCUT2D eigenvalue weighted by atomic mass is 10.1. The maximum atomic E-state index is 13.0. The van der Waals surface area contributed by atoms with Crippen molar-refractivity contribution in [2.75, 3.05) is 6.54 Å². The number of nitrogens with one attached hydrogen (secondary N) is 1. The SMILES string of the molecule is CCCNC(=O)c1ccccc1-c1ncc(-c2ccc(F)cc2)o1. The maximum absolute atomic E-state index is 13.0. The second-order valence-corrected chi connectivity index (χ2v) is 5.34. The molecule has 1 aromatic heterocycles. The molecule has 5 heteroatoms. The zero-order chi connectivity index (χ0) is 16.9. The topological polar surface area (TPSA) is 55.1 Å². The fourth-order valence-corrected chi connectivity index (χ4v) is 2.35. The Balaban J connectivity index is 1.93. The zero-order valence-corrected chi connectivity index (χ0v) is 13.3. The number of halogens is 1. The van der Waals surface area contributed by atoms with Crippen molar-refractivity contribution in [1.82, 2.24) is 10.3 Å². The first-order valence-electron chi connectivity index (χ1n) is 7.78. The summed E-state index contributed by atoms with van der Waals surface area (Å²) in [6.45, 7) is 2.61. The number of carbonyl (C=O) groups is 1. The van der Waals surface area contributed by atoms with E-state index < -0.39 is 0 Å². The summed E-state index contributed by atoms with van der Waals surface area (Å²) in [5, 5.41) is 2.85. The summed E-state index contributed by atoms with van der Waals surface area (Å²) in [6.07, 6.45) is 2.44. The van der Waals surface area contributed by atoms with Gasteiger partial charge in [0.2, 0.25) is 5.89 Å². The van der Waals surface area contributed by atoms with E-state index >= 15 is 0 Å². The quantitative estimate of drug-likeness (QED) is 0.762. The van der Waals surface area contributed by atoms with Gasteiger partial charge >= 0.3 is 0 Å². The monoisotopic (exact) mass is 324 g/mol. The molecule has 1 heterocycles. The molecule has 0 saturated carbocycles. The standard InChI is InChI=1S/C19H17FN2O2/c1-2-11-21-18(23)15-5-3-4-6-16(15)19-22-12-17(24-19)13-7-9-14(20)10-8-13/h3-10,12H,2,11H2,1H3,(H,21,23). The zero-order valence-electron chi connectivity index (χ0n) is 13.3. The number of oxazole rings is 1. The van der Waals surface area contributed by atoms with Gasteiger partial charge in [0.1, 0.15) is 5.82 Å². The lowest BCUT2D eigenvalue weighted by molar-refractivity contribution is 0.0954.